The average molecular weight is 444 g/mol. The second kappa shape index (κ2) is 9.44. The first-order chi connectivity index (χ1) is 15.9. The molecular weight excluding hydrogens is 420 g/mol. The van der Waals surface area contributed by atoms with Gasteiger partial charge in [-0.2, -0.15) is 0 Å². The number of primary amides is 1. The number of amides is 3. The number of benzene rings is 3. The number of nitrogen functional groups attached to an aromatic ring is 1. The number of nitrogens with one attached hydrogen (secondary N) is 1. The fourth-order valence-electron chi connectivity index (χ4n) is 3.86. The summed E-state index contributed by atoms with van der Waals surface area (Å²) in [5.74, 6) is -1.13. The minimum atomic E-state index is -0.820. The topological polar surface area (TPSA) is 128 Å². The van der Waals surface area contributed by atoms with Gasteiger partial charge in [0.2, 0.25) is 5.91 Å². The van der Waals surface area contributed by atoms with Crippen LogP contribution in [0, 0.1) is 0 Å². The van der Waals surface area contributed by atoms with Gasteiger partial charge < -0.3 is 21.5 Å². The third-order valence-corrected chi connectivity index (χ3v) is 5.62. The zero-order valence-electron chi connectivity index (χ0n) is 17.9. The van der Waals surface area contributed by atoms with Crippen LogP contribution in [-0.4, -0.2) is 28.8 Å². The molecule has 8 heteroatoms. The van der Waals surface area contributed by atoms with Crippen LogP contribution >= 0.6 is 0 Å². The Bertz CT molecular complexity index is 1200. The molecule has 8 nitrogen and oxygen atoms in total. The molecule has 0 aromatic heterocycles. The van der Waals surface area contributed by atoms with E-state index in [1.165, 1.54) is 11.0 Å². The molecule has 168 valence electrons. The third-order valence-electron chi connectivity index (χ3n) is 5.62. The minimum absolute atomic E-state index is 0.0766. The summed E-state index contributed by atoms with van der Waals surface area (Å²) >= 11 is 0. The van der Waals surface area contributed by atoms with Gasteiger partial charge in [-0.25, -0.2) is 4.79 Å². The molecule has 0 aliphatic carbocycles. The van der Waals surface area contributed by atoms with Crippen molar-refractivity contribution in [2.75, 3.05) is 11.1 Å². The standard InChI is InChI=1S/C25H24N4O4/c26-22-19(23(27)30)11-6-12-20(22)28-24(31)21-13-17-9-4-5-10-18(17)14-29(21)25(32)33-15-16-7-2-1-3-8-16/h1-12,21H,13-15,26H2,(H2,27,30)(H,28,31). The Labute approximate surface area is 191 Å². The summed E-state index contributed by atoms with van der Waals surface area (Å²) in [7, 11) is 0. The molecule has 0 fully saturated rings. The van der Waals surface area contributed by atoms with Gasteiger partial charge >= 0.3 is 6.09 Å². The smallest absolute Gasteiger partial charge is 0.411 e. The van der Waals surface area contributed by atoms with Crippen LogP contribution in [0.3, 0.4) is 0 Å². The van der Waals surface area contributed by atoms with Gasteiger partial charge in [0.1, 0.15) is 12.6 Å². The highest BCUT2D eigenvalue weighted by Crippen LogP contribution is 2.27. The van der Waals surface area contributed by atoms with Crippen LogP contribution in [0.2, 0.25) is 0 Å². The fourth-order valence-corrected chi connectivity index (χ4v) is 3.86. The summed E-state index contributed by atoms with van der Waals surface area (Å²) < 4.78 is 5.51. The molecule has 33 heavy (non-hydrogen) atoms. The Morgan fingerprint density at radius 2 is 1.64 bits per heavy atom. The van der Waals surface area contributed by atoms with Crippen LogP contribution in [0.1, 0.15) is 27.0 Å². The van der Waals surface area contributed by atoms with Crippen molar-refractivity contribution in [3.8, 4) is 0 Å². The van der Waals surface area contributed by atoms with Crippen molar-refractivity contribution < 1.29 is 19.1 Å². The molecule has 5 N–H and O–H groups in total. The number of carbonyl (C=O) groups excluding carboxylic acids is 3. The molecule has 1 heterocycles. The van der Waals surface area contributed by atoms with Crippen molar-refractivity contribution in [1.82, 2.24) is 4.90 Å². The maximum Gasteiger partial charge on any atom is 0.411 e. The number of rotatable bonds is 5. The van der Waals surface area contributed by atoms with Gasteiger partial charge in [0.25, 0.3) is 5.91 Å². The van der Waals surface area contributed by atoms with Gasteiger partial charge in [-0.05, 0) is 28.8 Å². The molecule has 3 aromatic carbocycles. The Morgan fingerprint density at radius 1 is 0.939 bits per heavy atom. The van der Waals surface area contributed by atoms with E-state index in [-0.39, 0.29) is 30.1 Å². The van der Waals surface area contributed by atoms with Crippen molar-refractivity contribution in [2.45, 2.75) is 25.6 Å². The third kappa shape index (κ3) is 4.79. The molecule has 0 spiro atoms. The molecular formula is C25H24N4O4. The number of fused-ring (bicyclic) bond motifs is 1. The van der Waals surface area contributed by atoms with Crippen molar-refractivity contribution in [2.24, 2.45) is 5.73 Å². The van der Waals surface area contributed by atoms with E-state index in [0.717, 1.165) is 16.7 Å². The van der Waals surface area contributed by atoms with Gasteiger partial charge in [-0.1, -0.05) is 60.7 Å². The van der Waals surface area contributed by atoms with Crippen LogP contribution < -0.4 is 16.8 Å². The van der Waals surface area contributed by atoms with E-state index in [9.17, 15) is 14.4 Å². The van der Waals surface area contributed by atoms with Crippen molar-refractivity contribution in [1.29, 1.82) is 0 Å². The maximum atomic E-state index is 13.3. The first-order valence-corrected chi connectivity index (χ1v) is 10.5. The van der Waals surface area contributed by atoms with Crippen molar-refractivity contribution in [3.05, 3.63) is 95.1 Å². The number of hydrogen-bond donors (Lipinski definition) is 3. The molecule has 1 aliphatic heterocycles. The predicted octanol–water partition coefficient (Wildman–Crippen LogP) is 3.07. The van der Waals surface area contributed by atoms with Crippen LogP contribution in [-0.2, 0) is 29.1 Å². The molecule has 0 radical (unpaired) electrons. The van der Waals surface area contributed by atoms with E-state index in [2.05, 4.69) is 5.32 Å². The van der Waals surface area contributed by atoms with E-state index in [0.29, 0.717) is 6.42 Å². The number of hydrogen-bond acceptors (Lipinski definition) is 5. The highest BCUT2D eigenvalue weighted by atomic mass is 16.6. The Kier molecular flexibility index (Phi) is 6.26. The fraction of sp³-hybridized carbons (Fsp3) is 0.160. The van der Waals surface area contributed by atoms with E-state index in [1.54, 1.807) is 12.1 Å². The summed E-state index contributed by atoms with van der Waals surface area (Å²) in [6, 6.07) is 20.8. The quantitative estimate of drug-likeness (QED) is 0.521. The molecule has 1 aliphatic rings. The second-order valence-corrected chi connectivity index (χ2v) is 7.78. The van der Waals surface area contributed by atoms with Crippen molar-refractivity contribution in [3.63, 3.8) is 0 Å². The van der Waals surface area contributed by atoms with Gasteiger partial charge in [-0.3, -0.25) is 14.5 Å². The minimum Gasteiger partial charge on any atom is -0.445 e. The molecule has 3 aromatic rings. The van der Waals surface area contributed by atoms with Crippen LogP contribution in [0.4, 0.5) is 16.2 Å². The first-order valence-electron chi connectivity index (χ1n) is 10.5. The highest BCUT2D eigenvalue weighted by Gasteiger charge is 2.36. The molecule has 0 saturated carbocycles. The lowest BCUT2D eigenvalue weighted by Crippen LogP contribution is -2.50. The van der Waals surface area contributed by atoms with E-state index in [4.69, 9.17) is 16.2 Å². The second-order valence-electron chi connectivity index (χ2n) is 7.78. The van der Waals surface area contributed by atoms with Gasteiger partial charge in [-0.15, -0.1) is 0 Å². The normalized spacial score (nSPS) is 14.8. The summed E-state index contributed by atoms with van der Waals surface area (Å²) in [5, 5.41) is 2.74. The SMILES string of the molecule is NC(=O)c1cccc(NC(=O)C2Cc3ccccc3CN2C(=O)OCc2ccccc2)c1N. The highest BCUT2D eigenvalue weighted by molar-refractivity contribution is 6.05. The number of nitrogens with two attached hydrogens (primary N) is 2. The van der Waals surface area contributed by atoms with Gasteiger partial charge in [0.05, 0.1) is 23.5 Å². The summed E-state index contributed by atoms with van der Waals surface area (Å²) in [6.45, 7) is 0.332. The Balaban J connectivity index is 1.57. The molecule has 0 bridgehead atoms. The van der Waals surface area contributed by atoms with E-state index >= 15 is 0 Å². The molecule has 1 atom stereocenters. The molecule has 3 amide bonds. The predicted molar refractivity (Wildman–Crippen MR) is 124 cm³/mol. The maximum absolute atomic E-state index is 13.3. The van der Waals surface area contributed by atoms with E-state index < -0.39 is 23.9 Å². The summed E-state index contributed by atoms with van der Waals surface area (Å²) in [6.07, 6.45) is -0.273. The average Bonchev–Trinajstić information content (AvgIpc) is 2.83. The van der Waals surface area contributed by atoms with Crippen LogP contribution in [0.15, 0.2) is 72.8 Å². The first kappa shape index (κ1) is 21.9. The Morgan fingerprint density at radius 3 is 2.36 bits per heavy atom. The molecule has 4 rings (SSSR count). The number of para-hydroxylation sites is 1. The van der Waals surface area contributed by atoms with Crippen LogP contribution in [0.5, 0.6) is 0 Å². The number of ether oxygens (including phenoxy) is 1. The summed E-state index contributed by atoms with van der Waals surface area (Å²) in [5.41, 5.74) is 14.6. The zero-order valence-corrected chi connectivity index (χ0v) is 17.9. The van der Waals surface area contributed by atoms with Gasteiger partial charge in [0.15, 0.2) is 0 Å². The monoisotopic (exact) mass is 444 g/mol. The summed E-state index contributed by atoms with van der Waals surface area (Å²) in [4.78, 5) is 39.3. The van der Waals surface area contributed by atoms with Crippen LogP contribution in [0.25, 0.3) is 0 Å². The zero-order chi connectivity index (χ0) is 23.4. The van der Waals surface area contributed by atoms with Crippen molar-refractivity contribution >= 4 is 29.3 Å². The molecule has 1 unspecified atom stereocenters. The number of nitrogens with zero attached hydrogens (tertiary/aromatic N) is 1. The lowest BCUT2D eigenvalue weighted by molar-refractivity contribution is -0.121. The van der Waals surface area contributed by atoms with E-state index in [1.807, 2.05) is 54.6 Å². The number of anilines is 2. The molecule has 0 saturated heterocycles. The lowest BCUT2D eigenvalue weighted by atomic mass is 9.93. The number of carbonyl (C=O) groups is 3. The largest absolute Gasteiger partial charge is 0.445 e. The lowest BCUT2D eigenvalue weighted by Gasteiger charge is -2.35. The Hall–Kier alpha value is -4.33. The van der Waals surface area contributed by atoms with Gasteiger partial charge in [0, 0.05) is 6.42 Å².